The summed E-state index contributed by atoms with van der Waals surface area (Å²) in [6.45, 7) is 0.910. The third-order valence-corrected chi connectivity index (χ3v) is 4.15. The van der Waals surface area contributed by atoms with E-state index in [1.807, 2.05) is 29.8 Å². The van der Waals surface area contributed by atoms with Gasteiger partial charge in [0.15, 0.2) is 0 Å². The summed E-state index contributed by atoms with van der Waals surface area (Å²) in [5.74, 6) is 0.838. The molecule has 1 fully saturated rings. The van der Waals surface area contributed by atoms with Gasteiger partial charge in [-0.15, -0.1) is 11.3 Å². The second kappa shape index (κ2) is 4.98. The van der Waals surface area contributed by atoms with Gasteiger partial charge in [-0.2, -0.15) is 0 Å². The molecule has 3 rings (SSSR count). The zero-order valence-corrected chi connectivity index (χ0v) is 10.5. The summed E-state index contributed by atoms with van der Waals surface area (Å²) in [5, 5.41) is 5.83. The van der Waals surface area contributed by atoms with Crippen molar-refractivity contribution in [1.82, 2.24) is 10.3 Å². The van der Waals surface area contributed by atoms with Crippen LogP contribution in [0.5, 0.6) is 0 Å². The fourth-order valence-electron chi connectivity index (χ4n) is 2.13. The lowest BCUT2D eigenvalue weighted by Gasteiger charge is -2.16. The lowest BCUT2D eigenvalue weighted by molar-refractivity contribution is 0.487. The van der Waals surface area contributed by atoms with Crippen LogP contribution in [0.15, 0.2) is 42.0 Å². The van der Waals surface area contributed by atoms with Gasteiger partial charge in [-0.25, -0.2) is 0 Å². The van der Waals surface area contributed by atoms with Gasteiger partial charge in [0, 0.05) is 29.9 Å². The molecule has 2 heterocycles. The molecule has 1 atom stereocenters. The lowest BCUT2D eigenvalue weighted by atomic mass is 10.1. The number of nitrogens with zero attached hydrogens (tertiary/aromatic N) is 1. The standard InChI is InChI=1S/C14H16N2S/c1-3-11(9-15-7-1)10-16-14(12-5-6-12)13-4-2-8-17-13/h1-4,7-9,12,14,16H,5-6,10H2. The molecular weight excluding hydrogens is 228 g/mol. The van der Waals surface area contributed by atoms with Crippen LogP contribution in [0.4, 0.5) is 0 Å². The molecule has 17 heavy (non-hydrogen) atoms. The maximum absolute atomic E-state index is 4.15. The predicted octanol–water partition coefficient (Wildman–Crippen LogP) is 3.38. The van der Waals surface area contributed by atoms with Gasteiger partial charge in [0.1, 0.15) is 0 Å². The first kappa shape index (κ1) is 10.9. The van der Waals surface area contributed by atoms with Gasteiger partial charge in [-0.05, 0) is 41.8 Å². The van der Waals surface area contributed by atoms with Crippen LogP contribution < -0.4 is 5.32 Å². The van der Waals surface area contributed by atoms with Crippen LogP contribution in [-0.4, -0.2) is 4.98 Å². The Bertz CT molecular complexity index is 448. The highest BCUT2D eigenvalue weighted by Gasteiger charge is 2.32. The summed E-state index contributed by atoms with van der Waals surface area (Å²) < 4.78 is 0. The molecule has 1 saturated carbocycles. The van der Waals surface area contributed by atoms with Gasteiger partial charge in [-0.3, -0.25) is 4.98 Å². The Balaban J connectivity index is 1.66. The van der Waals surface area contributed by atoms with Crippen LogP contribution in [0.3, 0.4) is 0 Å². The molecule has 0 saturated heterocycles. The second-order valence-electron chi connectivity index (χ2n) is 4.57. The summed E-state index contributed by atoms with van der Waals surface area (Å²) in [6, 6.07) is 9.03. The van der Waals surface area contributed by atoms with E-state index in [4.69, 9.17) is 0 Å². The Kier molecular flexibility index (Phi) is 3.20. The number of nitrogens with one attached hydrogen (secondary N) is 1. The van der Waals surface area contributed by atoms with E-state index in [0.717, 1.165) is 12.5 Å². The number of aromatic nitrogens is 1. The van der Waals surface area contributed by atoms with Crippen molar-refractivity contribution in [2.45, 2.75) is 25.4 Å². The first-order valence-corrected chi connectivity index (χ1v) is 6.97. The zero-order valence-electron chi connectivity index (χ0n) is 9.67. The van der Waals surface area contributed by atoms with Crippen LogP contribution in [0.1, 0.15) is 29.3 Å². The molecule has 2 aromatic heterocycles. The van der Waals surface area contributed by atoms with Gasteiger partial charge < -0.3 is 5.32 Å². The van der Waals surface area contributed by atoms with Crippen molar-refractivity contribution >= 4 is 11.3 Å². The molecule has 0 aliphatic heterocycles. The van der Waals surface area contributed by atoms with E-state index in [1.54, 1.807) is 0 Å². The molecule has 2 aromatic rings. The molecule has 2 nitrogen and oxygen atoms in total. The van der Waals surface area contributed by atoms with Gasteiger partial charge in [0.25, 0.3) is 0 Å². The van der Waals surface area contributed by atoms with Gasteiger partial charge in [-0.1, -0.05) is 12.1 Å². The van der Waals surface area contributed by atoms with Crippen LogP contribution in [0.25, 0.3) is 0 Å². The Labute approximate surface area is 106 Å². The largest absolute Gasteiger partial charge is 0.305 e. The first-order valence-electron chi connectivity index (χ1n) is 6.09. The number of pyridine rings is 1. The van der Waals surface area contributed by atoms with Gasteiger partial charge >= 0.3 is 0 Å². The van der Waals surface area contributed by atoms with Crippen LogP contribution in [0.2, 0.25) is 0 Å². The van der Waals surface area contributed by atoms with Crippen molar-refractivity contribution in [3.63, 3.8) is 0 Å². The average molecular weight is 244 g/mol. The topological polar surface area (TPSA) is 24.9 Å². The third kappa shape index (κ3) is 2.73. The van der Waals surface area contributed by atoms with E-state index in [2.05, 4.69) is 33.9 Å². The monoisotopic (exact) mass is 244 g/mol. The number of hydrogen-bond donors (Lipinski definition) is 1. The highest BCUT2D eigenvalue weighted by Crippen LogP contribution is 2.42. The molecule has 0 spiro atoms. The SMILES string of the molecule is c1cncc(CNC(c2cccs2)C2CC2)c1. The van der Waals surface area contributed by atoms with Crippen molar-refractivity contribution in [3.8, 4) is 0 Å². The van der Waals surface area contributed by atoms with E-state index in [9.17, 15) is 0 Å². The molecule has 88 valence electrons. The highest BCUT2D eigenvalue weighted by atomic mass is 32.1. The normalized spacial score (nSPS) is 16.9. The van der Waals surface area contributed by atoms with Crippen LogP contribution >= 0.6 is 11.3 Å². The van der Waals surface area contributed by atoms with Crippen LogP contribution in [-0.2, 0) is 6.54 Å². The van der Waals surface area contributed by atoms with E-state index in [-0.39, 0.29) is 0 Å². The van der Waals surface area contributed by atoms with Crippen molar-refractivity contribution < 1.29 is 0 Å². The lowest BCUT2D eigenvalue weighted by Crippen LogP contribution is -2.21. The summed E-state index contributed by atoms with van der Waals surface area (Å²) in [5.41, 5.74) is 1.26. The Morgan fingerprint density at radius 3 is 2.94 bits per heavy atom. The van der Waals surface area contributed by atoms with E-state index in [0.29, 0.717) is 6.04 Å². The van der Waals surface area contributed by atoms with Crippen molar-refractivity contribution in [2.24, 2.45) is 5.92 Å². The molecule has 0 amide bonds. The minimum absolute atomic E-state index is 0.537. The highest BCUT2D eigenvalue weighted by molar-refractivity contribution is 7.10. The average Bonchev–Trinajstić information content (AvgIpc) is 3.06. The van der Waals surface area contributed by atoms with Gasteiger partial charge in [0.2, 0.25) is 0 Å². The Hall–Kier alpha value is -1.19. The molecule has 0 radical (unpaired) electrons. The third-order valence-electron chi connectivity index (χ3n) is 3.19. The molecule has 1 N–H and O–H groups in total. The number of rotatable bonds is 5. The summed E-state index contributed by atoms with van der Waals surface area (Å²) >= 11 is 1.86. The van der Waals surface area contributed by atoms with Crippen molar-refractivity contribution in [2.75, 3.05) is 0 Å². The van der Waals surface area contributed by atoms with E-state index < -0.39 is 0 Å². The van der Waals surface area contributed by atoms with E-state index >= 15 is 0 Å². The molecule has 1 aliphatic rings. The quantitative estimate of drug-likeness (QED) is 0.872. The number of thiophene rings is 1. The zero-order chi connectivity index (χ0) is 11.5. The van der Waals surface area contributed by atoms with E-state index in [1.165, 1.54) is 23.3 Å². The number of hydrogen-bond acceptors (Lipinski definition) is 3. The molecule has 1 aliphatic carbocycles. The maximum atomic E-state index is 4.15. The molecule has 0 aromatic carbocycles. The van der Waals surface area contributed by atoms with Crippen LogP contribution in [0, 0.1) is 5.92 Å². The molecule has 1 unspecified atom stereocenters. The summed E-state index contributed by atoms with van der Waals surface area (Å²) in [7, 11) is 0. The maximum Gasteiger partial charge on any atom is 0.0446 e. The molecule has 0 bridgehead atoms. The predicted molar refractivity (Wildman–Crippen MR) is 70.9 cm³/mol. The minimum atomic E-state index is 0.537. The second-order valence-corrected chi connectivity index (χ2v) is 5.55. The summed E-state index contributed by atoms with van der Waals surface area (Å²) in [6.07, 6.45) is 6.48. The molecular formula is C14H16N2S. The molecule has 3 heteroatoms. The van der Waals surface area contributed by atoms with Gasteiger partial charge in [0.05, 0.1) is 0 Å². The Morgan fingerprint density at radius 1 is 1.35 bits per heavy atom. The minimum Gasteiger partial charge on any atom is -0.305 e. The Morgan fingerprint density at radius 2 is 2.29 bits per heavy atom. The smallest absolute Gasteiger partial charge is 0.0446 e. The van der Waals surface area contributed by atoms with Crippen molar-refractivity contribution in [1.29, 1.82) is 0 Å². The fourth-order valence-corrected chi connectivity index (χ4v) is 3.02. The summed E-state index contributed by atoms with van der Waals surface area (Å²) in [4.78, 5) is 5.62. The van der Waals surface area contributed by atoms with Crippen molar-refractivity contribution in [3.05, 3.63) is 52.5 Å². The first-order chi connectivity index (χ1) is 8.43. The fraction of sp³-hybridized carbons (Fsp3) is 0.357.